The number of aromatic nitrogens is 2. The van der Waals surface area contributed by atoms with E-state index in [-0.39, 0.29) is 43.8 Å². The van der Waals surface area contributed by atoms with E-state index in [0.29, 0.717) is 17.0 Å². The number of hydrogen-bond acceptors (Lipinski definition) is 4. The molecule has 0 saturated carbocycles. The van der Waals surface area contributed by atoms with Crippen LogP contribution in [0.3, 0.4) is 0 Å². The number of H-pyrrole nitrogens is 2. The predicted octanol–water partition coefficient (Wildman–Crippen LogP) is 1.08. The lowest BCUT2D eigenvalue weighted by molar-refractivity contribution is -0.161. The molecule has 2 aromatic rings. The number of rotatable bonds is 5. The van der Waals surface area contributed by atoms with E-state index in [1.165, 1.54) is 0 Å². The molecule has 0 unspecified atom stereocenters. The molecule has 0 bridgehead atoms. The van der Waals surface area contributed by atoms with Crippen LogP contribution in [0.4, 0.5) is 0 Å². The Kier molecular flexibility index (Phi) is 4.83. The standard InChI is InChI=1S/C18H21N3O5/c1-12-14(16(23)20-19-12)11-15(22)21-9-7-18(8-10-21,17(24)25)26-13-5-3-2-4-6-13/h2-6H,7-11H2,1H3,(H,24,25)(H2,19,20,23). The van der Waals surface area contributed by atoms with Crippen LogP contribution >= 0.6 is 0 Å². The topological polar surface area (TPSA) is 115 Å². The summed E-state index contributed by atoms with van der Waals surface area (Å²) in [5.74, 6) is -0.743. The highest BCUT2D eigenvalue weighted by Gasteiger charge is 2.45. The molecule has 1 amide bonds. The molecular formula is C18H21N3O5. The number of para-hydroxylation sites is 1. The van der Waals surface area contributed by atoms with E-state index < -0.39 is 11.6 Å². The van der Waals surface area contributed by atoms with Gasteiger partial charge in [-0.1, -0.05) is 18.2 Å². The van der Waals surface area contributed by atoms with Crippen molar-refractivity contribution in [2.24, 2.45) is 0 Å². The molecule has 0 spiro atoms. The number of aryl methyl sites for hydroxylation is 1. The number of amides is 1. The molecule has 0 atom stereocenters. The third kappa shape index (κ3) is 3.49. The molecule has 2 heterocycles. The van der Waals surface area contributed by atoms with Crippen LogP contribution < -0.4 is 10.3 Å². The van der Waals surface area contributed by atoms with E-state index in [9.17, 15) is 19.5 Å². The minimum absolute atomic E-state index is 0.00964. The number of carbonyl (C=O) groups excluding carboxylic acids is 1. The van der Waals surface area contributed by atoms with Gasteiger partial charge in [-0.05, 0) is 19.1 Å². The average molecular weight is 359 g/mol. The van der Waals surface area contributed by atoms with E-state index in [1.54, 1.807) is 36.1 Å². The van der Waals surface area contributed by atoms with Crippen molar-refractivity contribution in [3.8, 4) is 5.75 Å². The summed E-state index contributed by atoms with van der Waals surface area (Å²) in [4.78, 5) is 37.6. The Balaban J connectivity index is 1.67. The van der Waals surface area contributed by atoms with Crippen LogP contribution in [0.2, 0.25) is 0 Å². The monoisotopic (exact) mass is 359 g/mol. The number of hydrogen-bond donors (Lipinski definition) is 3. The highest BCUT2D eigenvalue weighted by atomic mass is 16.5. The SMILES string of the molecule is Cc1[nH][nH]c(=O)c1CC(=O)N1CCC(Oc2ccccc2)(C(=O)O)CC1. The van der Waals surface area contributed by atoms with Gasteiger partial charge >= 0.3 is 5.97 Å². The van der Waals surface area contributed by atoms with Crippen LogP contribution in [0.25, 0.3) is 0 Å². The van der Waals surface area contributed by atoms with Crippen molar-refractivity contribution in [2.75, 3.05) is 13.1 Å². The van der Waals surface area contributed by atoms with Gasteiger partial charge in [0.25, 0.3) is 5.56 Å². The molecule has 1 aliphatic rings. The number of likely N-dealkylation sites (tertiary alicyclic amines) is 1. The van der Waals surface area contributed by atoms with Gasteiger partial charge in [0.15, 0.2) is 0 Å². The minimum Gasteiger partial charge on any atom is -0.478 e. The molecule has 8 heteroatoms. The first-order valence-corrected chi connectivity index (χ1v) is 8.43. The second kappa shape index (κ2) is 7.07. The number of aliphatic carboxylic acids is 1. The van der Waals surface area contributed by atoms with Gasteiger partial charge in [-0.3, -0.25) is 14.7 Å². The number of carboxylic acids is 1. The van der Waals surface area contributed by atoms with Crippen LogP contribution in [-0.4, -0.2) is 50.8 Å². The normalized spacial score (nSPS) is 16.3. The molecule has 26 heavy (non-hydrogen) atoms. The van der Waals surface area contributed by atoms with E-state index in [1.807, 2.05) is 6.07 Å². The summed E-state index contributed by atoms with van der Waals surface area (Å²) in [5.41, 5.74) is -0.613. The maximum atomic E-state index is 12.5. The van der Waals surface area contributed by atoms with Gasteiger partial charge in [-0.2, -0.15) is 0 Å². The Hall–Kier alpha value is -3.03. The molecule has 1 aromatic carbocycles. The fourth-order valence-corrected chi connectivity index (χ4v) is 3.14. The number of aromatic amines is 2. The first-order valence-electron chi connectivity index (χ1n) is 8.43. The van der Waals surface area contributed by atoms with E-state index in [2.05, 4.69) is 10.2 Å². The predicted molar refractivity (Wildman–Crippen MR) is 93.1 cm³/mol. The number of benzene rings is 1. The second-order valence-corrected chi connectivity index (χ2v) is 6.45. The average Bonchev–Trinajstić information content (AvgIpc) is 2.95. The first kappa shape index (κ1) is 17.8. The van der Waals surface area contributed by atoms with Crippen LogP contribution in [0, 0.1) is 6.92 Å². The van der Waals surface area contributed by atoms with Gasteiger partial charge in [0.1, 0.15) is 5.75 Å². The lowest BCUT2D eigenvalue weighted by atomic mass is 9.90. The van der Waals surface area contributed by atoms with Crippen molar-refractivity contribution >= 4 is 11.9 Å². The molecule has 1 fully saturated rings. The molecular weight excluding hydrogens is 338 g/mol. The molecule has 0 aliphatic carbocycles. The second-order valence-electron chi connectivity index (χ2n) is 6.45. The van der Waals surface area contributed by atoms with Crippen LogP contribution in [0.15, 0.2) is 35.1 Å². The van der Waals surface area contributed by atoms with Crippen molar-refractivity contribution in [2.45, 2.75) is 31.8 Å². The number of ether oxygens (including phenoxy) is 1. The summed E-state index contributed by atoms with van der Waals surface area (Å²) in [6.45, 7) is 2.25. The lowest BCUT2D eigenvalue weighted by Crippen LogP contribution is -2.54. The van der Waals surface area contributed by atoms with Crippen LogP contribution in [0.5, 0.6) is 5.75 Å². The van der Waals surface area contributed by atoms with Crippen molar-refractivity contribution < 1.29 is 19.4 Å². The number of carbonyl (C=O) groups is 2. The third-order valence-electron chi connectivity index (χ3n) is 4.79. The largest absolute Gasteiger partial charge is 0.478 e. The molecule has 1 saturated heterocycles. The molecule has 8 nitrogen and oxygen atoms in total. The quantitative estimate of drug-likeness (QED) is 0.739. The summed E-state index contributed by atoms with van der Waals surface area (Å²) >= 11 is 0. The van der Waals surface area contributed by atoms with Gasteiger partial charge in [0.2, 0.25) is 11.5 Å². The van der Waals surface area contributed by atoms with Crippen LogP contribution in [-0.2, 0) is 16.0 Å². The van der Waals surface area contributed by atoms with Gasteiger partial charge in [-0.15, -0.1) is 0 Å². The van der Waals surface area contributed by atoms with E-state index in [4.69, 9.17) is 4.74 Å². The fraction of sp³-hybridized carbons (Fsp3) is 0.389. The number of nitrogens with zero attached hydrogens (tertiary/aromatic N) is 1. The molecule has 1 aromatic heterocycles. The highest BCUT2D eigenvalue weighted by Crippen LogP contribution is 2.29. The number of nitrogens with one attached hydrogen (secondary N) is 2. The summed E-state index contributed by atoms with van der Waals surface area (Å²) in [7, 11) is 0. The Morgan fingerprint density at radius 3 is 2.38 bits per heavy atom. The van der Waals surface area contributed by atoms with Crippen molar-refractivity contribution in [1.29, 1.82) is 0 Å². The molecule has 1 aliphatic heterocycles. The molecule has 138 valence electrons. The smallest absolute Gasteiger partial charge is 0.348 e. The van der Waals surface area contributed by atoms with Crippen molar-refractivity contribution in [3.63, 3.8) is 0 Å². The Morgan fingerprint density at radius 1 is 1.19 bits per heavy atom. The third-order valence-corrected chi connectivity index (χ3v) is 4.79. The first-order chi connectivity index (χ1) is 12.4. The Labute approximate surface area is 149 Å². The number of piperidine rings is 1. The summed E-state index contributed by atoms with van der Waals surface area (Å²) in [5, 5.41) is 14.8. The van der Waals surface area contributed by atoms with Crippen molar-refractivity contribution in [3.05, 3.63) is 51.9 Å². The summed E-state index contributed by atoms with van der Waals surface area (Å²) in [6.07, 6.45) is 0.362. The van der Waals surface area contributed by atoms with E-state index >= 15 is 0 Å². The van der Waals surface area contributed by atoms with Gasteiger partial charge in [-0.25, -0.2) is 4.79 Å². The summed E-state index contributed by atoms with van der Waals surface area (Å²) in [6, 6.07) is 8.80. The highest BCUT2D eigenvalue weighted by molar-refractivity contribution is 5.81. The maximum Gasteiger partial charge on any atom is 0.348 e. The lowest BCUT2D eigenvalue weighted by Gasteiger charge is -2.38. The van der Waals surface area contributed by atoms with Gasteiger partial charge < -0.3 is 19.8 Å². The van der Waals surface area contributed by atoms with Crippen molar-refractivity contribution in [1.82, 2.24) is 15.1 Å². The van der Waals surface area contributed by atoms with Gasteiger partial charge in [0, 0.05) is 37.2 Å². The fourth-order valence-electron chi connectivity index (χ4n) is 3.14. The minimum atomic E-state index is -1.35. The number of carboxylic acid groups (broad SMARTS) is 1. The zero-order chi connectivity index (χ0) is 18.7. The Morgan fingerprint density at radius 2 is 1.85 bits per heavy atom. The molecule has 0 radical (unpaired) electrons. The zero-order valence-electron chi connectivity index (χ0n) is 14.4. The summed E-state index contributed by atoms with van der Waals surface area (Å²) < 4.78 is 5.78. The van der Waals surface area contributed by atoms with E-state index in [0.717, 1.165) is 0 Å². The maximum absolute atomic E-state index is 12.5. The zero-order valence-corrected chi connectivity index (χ0v) is 14.4. The Bertz CT molecular complexity index is 847. The molecule has 3 rings (SSSR count). The molecule has 3 N–H and O–H groups in total. The van der Waals surface area contributed by atoms with Gasteiger partial charge in [0.05, 0.1) is 6.42 Å². The van der Waals surface area contributed by atoms with Crippen LogP contribution in [0.1, 0.15) is 24.1 Å².